The second-order valence-corrected chi connectivity index (χ2v) is 9.90. The molecule has 1 amide bonds. The summed E-state index contributed by atoms with van der Waals surface area (Å²) in [5.41, 5.74) is 0.972. The first-order valence-corrected chi connectivity index (χ1v) is 13.0. The maximum Gasteiger partial charge on any atom is 0.273 e. The van der Waals surface area contributed by atoms with Gasteiger partial charge in [0.15, 0.2) is 17.3 Å². The monoisotopic (exact) mass is 556 g/mol. The predicted molar refractivity (Wildman–Crippen MR) is 145 cm³/mol. The molecule has 1 aliphatic rings. The number of aromatic nitrogens is 5. The van der Waals surface area contributed by atoms with E-state index in [1.807, 2.05) is 0 Å². The van der Waals surface area contributed by atoms with Gasteiger partial charge in [-0.15, -0.1) is 5.10 Å². The van der Waals surface area contributed by atoms with Gasteiger partial charge in [0.25, 0.3) is 5.91 Å². The molecular weight excluding hydrogens is 533 g/mol. The lowest BCUT2D eigenvalue weighted by molar-refractivity contribution is 0.0921. The lowest BCUT2D eigenvalue weighted by Gasteiger charge is -2.31. The predicted octanol–water partition coefficient (Wildman–Crippen LogP) is 5.46. The van der Waals surface area contributed by atoms with Gasteiger partial charge in [-0.3, -0.25) is 9.89 Å². The van der Waals surface area contributed by atoms with Crippen LogP contribution >= 0.6 is 0 Å². The highest BCUT2D eigenvalue weighted by Gasteiger charge is 2.29. The molecule has 3 aromatic heterocycles. The molecule has 0 saturated heterocycles. The quantitative estimate of drug-likeness (QED) is 0.219. The summed E-state index contributed by atoms with van der Waals surface area (Å²) in [5, 5.41) is 26.3. The van der Waals surface area contributed by atoms with E-state index in [0.717, 1.165) is 25.0 Å². The van der Waals surface area contributed by atoms with Gasteiger partial charge in [-0.2, -0.15) is 5.26 Å². The normalized spacial score (nSPS) is 16.8. The van der Waals surface area contributed by atoms with Crippen LogP contribution in [-0.2, 0) is 0 Å². The lowest BCUT2D eigenvalue weighted by Crippen LogP contribution is -2.42. The Morgan fingerprint density at radius 1 is 1.07 bits per heavy atom. The van der Waals surface area contributed by atoms with Crippen molar-refractivity contribution in [3.63, 3.8) is 0 Å². The van der Waals surface area contributed by atoms with E-state index in [0.29, 0.717) is 18.4 Å². The number of H-pyrrole nitrogens is 2. The fourth-order valence-corrected chi connectivity index (χ4v) is 5.41. The number of pyridine rings is 1. The molecule has 12 heteroatoms. The van der Waals surface area contributed by atoms with Crippen LogP contribution in [0.3, 0.4) is 0 Å². The number of halogens is 3. The van der Waals surface area contributed by atoms with Gasteiger partial charge in [0, 0.05) is 40.9 Å². The van der Waals surface area contributed by atoms with E-state index >= 15 is 4.39 Å². The van der Waals surface area contributed by atoms with E-state index in [1.165, 1.54) is 12.4 Å². The van der Waals surface area contributed by atoms with Crippen molar-refractivity contribution in [1.82, 2.24) is 30.7 Å². The van der Waals surface area contributed by atoms with E-state index in [-0.39, 0.29) is 62.8 Å². The number of rotatable bonds is 6. The fourth-order valence-electron chi connectivity index (χ4n) is 5.41. The van der Waals surface area contributed by atoms with Crippen molar-refractivity contribution in [2.75, 3.05) is 5.32 Å². The van der Waals surface area contributed by atoms with Crippen LogP contribution in [0, 0.1) is 28.8 Å². The van der Waals surface area contributed by atoms with Crippen LogP contribution in [0.2, 0.25) is 0 Å². The van der Waals surface area contributed by atoms with Crippen LogP contribution in [0.25, 0.3) is 33.3 Å². The summed E-state index contributed by atoms with van der Waals surface area (Å²) in [6, 6.07) is 12.1. The number of nitrogens with zero attached hydrogens (tertiary/aromatic N) is 4. The first kappa shape index (κ1) is 26.1. The highest BCUT2D eigenvalue weighted by atomic mass is 19.1. The molecule has 9 nitrogen and oxygen atoms in total. The van der Waals surface area contributed by atoms with Crippen molar-refractivity contribution in [2.45, 2.75) is 37.8 Å². The number of nitriles is 1. The third-order valence-electron chi connectivity index (χ3n) is 7.27. The van der Waals surface area contributed by atoms with Crippen LogP contribution in [0.5, 0.6) is 0 Å². The molecule has 1 aliphatic carbocycles. The van der Waals surface area contributed by atoms with Gasteiger partial charge >= 0.3 is 0 Å². The van der Waals surface area contributed by atoms with Crippen LogP contribution in [0.1, 0.15) is 41.7 Å². The lowest BCUT2D eigenvalue weighted by atomic mass is 9.90. The Kier molecular flexibility index (Phi) is 6.84. The molecule has 2 unspecified atom stereocenters. The molecule has 3 heterocycles. The van der Waals surface area contributed by atoms with Gasteiger partial charge in [0.05, 0.1) is 23.0 Å². The molecule has 41 heavy (non-hydrogen) atoms. The molecule has 206 valence electrons. The van der Waals surface area contributed by atoms with Crippen LogP contribution in [0.4, 0.5) is 19.0 Å². The molecule has 1 saturated carbocycles. The Bertz CT molecular complexity index is 1780. The number of hydrogen-bond donors (Lipinski definition) is 4. The minimum Gasteiger partial charge on any atom is -0.365 e. The first-order chi connectivity index (χ1) is 19.9. The summed E-state index contributed by atoms with van der Waals surface area (Å²) in [5.74, 6) is -2.77. The van der Waals surface area contributed by atoms with E-state index < -0.39 is 17.5 Å². The topological polar surface area (TPSA) is 135 Å². The summed E-state index contributed by atoms with van der Waals surface area (Å²) in [6.07, 6.45) is 5.51. The Morgan fingerprint density at radius 3 is 2.63 bits per heavy atom. The number of benzene rings is 2. The van der Waals surface area contributed by atoms with Crippen molar-refractivity contribution >= 4 is 22.6 Å². The zero-order valence-corrected chi connectivity index (χ0v) is 21.5. The van der Waals surface area contributed by atoms with Crippen LogP contribution in [-0.4, -0.2) is 43.4 Å². The highest BCUT2D eigenvalue weighted by molar-refractivity contribution is 5.98. The van der Waals surface area contributed by atoms with Gasteiger partial charge in [-0.25, -0.2) is 18.2 Å². The number of anilines is 1. The van der Waals surface area contributed by atoms with Gasteiger partial charge in [0.1, 0.15) is 17.7 Å². The van der Waals surface area contributed by atoms with E-state index in [1.54, 1.807) is 30.3 Å². The number of amides is 1. The van der Waals surface area contributed by atoms with Crippen molar-refractivity contribution in [2.24, 2.45) is 0 Å². The van der Waals surface area contributed by atoms with Gasteiger partial charge < -0.3 is 15.6 Å². The third kappa shape index (κ3) is 4.98. The van der Waals surface area contributed by atoms with Crippen molar-refractivity contribution in [1.29, 1.82) is 5.26 Å². The maximum atomic E-state index is 16.2. The minimum atomic E-state index is -0.797. The molecule has 0 spiro atoms. The molecule has 2 aromatic carbocycles. The Morgan fingerprint density at radius 2 is 1.88 bits per heavy atom. The summed E-state index contributed by atoms with van der Waals surface area (Å²) < 4.78 is 44.9. The molecule has 0 aliphatic heterocycles. The second kappa shape index (κ2) is 10.8. The third-order valence-corrected chi connectivity index (χ3v) is 7.27. The smallest absolute Gasteiger partial charge is 0.273 e. The number of aromatic amines is 2. The van der Waals surface area contributed by atoms with Crippen molar-refractivity contribution in [3.05, 3.63) is 83.6 Å². The average Bonchev–Trinajstić information content (AvgIpc) is 3.66. The molecule has 4 N–H and O–H groups in total. The van der Waals surface area contributed by atoms with Gasteiger partial charge in [-0.1, -0.05) is 35.5 Å². The Hall–Kier alpha value is -5.18. The Balaban J connectivity index is 1.41. The standard InChI is InChI=1S/C29H23F3N8O/c30-16-9-19-21(13-34-27(19)22(31)10-16)26-20(12-33)24(15-5-2-1-3-6-15)25(32)28(38-26)36-17-7-4-8-18(11-17)37-29(41)23-14-35-40-39-23/h1-3,5-6,9-10,13-14,17-18,34H,4,7-8,11H2,(H,36,38)(H,37,41)(H,35,39,40). The number of fused-ring (bicyclic) bond motifs is 1. The molecule has 2 atom stereocenters. The zero-order chi connectivity index (χ0) is 28.5. The van der Waals surface area contributed by atoms with Gasteiger partial charge in [-0.05, 0) is 37.3 Å². The summed E-state index contributed by atoms with van der Waals surface area (Å²) in [7, 11) is 0. The van der Waals surface area contributed by atoms with Gasteiger partial charge in [0.2, 0.25) is 0 Å². The molecule has 0 radical (unpaired) electrons. The molecule has 1 fully saturated rings. The number of hydrogen-bond acceptors (Lipinski definition) is 6. The second-order valence-electron chi connectivity index (χ2n) is 9.90. The van der Waals surface area contributed by atoms with Crippen LogP contribution in [0.15, 0.2) is 54.9 Å². The summed E-state index contributed by atoms with van der Waals surface area (Å²) >= 11 is 0. The highest BCUT2D eigenvalue weighted by Crippen LogP contribution is 2.39. The zero-order valence-electron chi connectivity index (χ0n) is 21.5. The number of nitrogens with one attached hydrogen (secondary N) is 4. The van der Waals surface area contributed by atoms with Crippen molar-refractivity contribution in [3.8, 4) is 28.5 Å². The SMILES string of the molecule is N#Cc1c(-c2c[nH]c3c(F)cc(F)cc23)nc(NC2CCCC(NC(=O)c3c[nH]nn3)C2)c(F)c1-c1ccccc1. The average molecular weight is 557 g/mol. The summed E-state index contributed by atoms with van der Waals surface area (Å²) in [4.78, 5) is 19.8. The minimum absolute atomic E-state index is 0.0264. The fraction of sp³-hybridized carbons (Fsp3) is 0.207. The van der Waals surface area contributed by atoms with E-state index in [9.17, 15) is 18.8 Å². The number of carbonyl (C=O) groups excluding carboxylic acids is 1. The van der Waals surface area contributed by atoms with Crippen LogP contribution < -0.4 is 10.6 Å². The largest absolute Gasteiger partial charge is 0.365 e. The molecule has 5 aromatic rings. The molecule has 6 rings (SSSR count). The Labute approximate surface area is 231 Å². The summed E-state index contributed by atoms with van der Waals surface area (Å²) in [6.45, 7) is 0. The number of carbonyl (C=O) groups is 1. The van der Waals surface area contributed by atoms with E-state index in [4.69, 9.17) is 0 Å². The first-order valence-electron chi connectivity index (χ1n) is 13.0. The van der Waals surface area contributed by atoms with E-state index in [2.05, 4.69) is 42.1 Å². The molecule has 0 bridgehead atoms. The van der Waals surface area contributed by atoms with Crippen molar-refractivity contribution < 1.29 is 18.0 Å². The molecular formula is C29H23F3N8O. The maximum absolute atomic E-state index is 16.2.